The van der Waals surface area contributed by atoms with Gasteiger partial charge in [-0.05, 0) is 43.2 Å². The lowest BCUT2D eigenvalue weighted by atomic mass is 9.95. The van der Waals surface area contributed by atoms with Crippen molar-refractivity contribution in [2.24, 2.45) is 5.73 Å². The van der Waals surface area contributed by atoms with Crippen LogP contribution in [-0.2, 0) is 0 Å². The number of fused-ring (bicyclic) bond motifs is 1. The Balaban J connectivity index is 1.72. The number of amides is 1. The van der Waals surface area contributed by atoms with E-state index >= 15 is 0 Å². The number of hydrogen-bond donors (Lipinski definition) is 2. The Labute approximate surface area is 177 Å². The van der Waals surface area contributed by atoms with E-state index in [9.17, 15) is 9.18 Å². The van der Waals surface area contributed by atoms with E-state index in [1.54, 1.807) is 16.8 Å². The monoisotopic (exact) mass is 419 g/mol. The standard InChI is InChI=1S/C22H22FN7O/c23-17-7-6-13(10-15(17)22(25)31)19-11-16(20-21(24)26-12-28-30(19)20)18-8-9-27-29(18)14-4-2-1-3-5-14/h6-12,14H,1-5H2,(H2,25,31)(H2,24,26,28). The molecule has 5 rings (SSSR count). The quantitative estimate of drug-likeness (QED) is 0.524. The summed E-state index contributed by atoms with van der Waals surface area (Å²) in [6.07, 6.45) is 8.94. The zero-order chi connectivity index (χ0) is 21.5. The predicted octanol–water partition coefficient (Wildman–Crippen LogP) is 3.59. The number of anilines is 1. The molecule has 3 heterocycles. The van der Waals surface area contributed by atoms with E-state index in [1.807, 2.05) is 12.1 Å². The van der Waals surface area contributed by atoms with Crippen molar-refractivity contribution in [3.63, 3.8) is 0 Å². The number of aromatic nitrogens is 5. The molecular weight excluding hydrogens is 397 g/mol. The summed E-state index contributed by atoms with van der Waals surface area (Å²) in [6, 6.07) is 8.46. The topological polar surface area (TPSA) is 117 Å². The van der Waals surface area contributed by atoms with Crippen LogP contribution in [0.3, 0.4) is 0 Å². The Morgan fingerprint density at radius 2 is 1.87 bits per heavy atom. The van der Waals surface area contributed by atoms with E-state index in [0.29, 0.717) is 28.6 Å². The molecule has 0 atom stereocenters. The van der Waals surface area contributed by atoms with E-state index in [4.69, 9.17) is 11.5 Å². The maximum Gasteiger partial charge on any atom is 0.251 e. The van der Waals surface area contributed by atoms with Gasteiger partial charge >= 0.3 is 0 Å². The summed E-state index contributed by atoms with van der Waals surface area (Å²) in [7, 11) is 0. The van der Waals surface area contributed by atoms with E-state index in [0.717, 1.165) is 24.1 Å². The van der Waals surface area contributed by atoms with Gasteiger partial charge in [0.05, 0.1) is 23.0 Å². The number of nitrogen functional groups attached to an aromatic ring is 1. The smallest absolute Gasteiger partial charge is 0.251 e. The molecule has 4 N–H and O–H groups in total. The third-order valence-corrected chi connectivity index (χ3v) is 5.98. The minimum atomic E-state index is -0.829. The van der Waals surface area contributed by atoms with Crippen LogP contribution in [0.2, 0.25) is 0 Å². The minimum Gasteiger partial charge on any atom is -0.382 e. The van der Waals surface area contributed by atoms with Gasteiger partial charge in [-0.15, -0.1) is 0 Å². The first-order valence-electron chi connectivity index (χ1n) is 10.3. The first-order chi connectivity index (χ1) is 15.0. The lowest BCUT2D eigenvalue weighted by Crippen LogP contribution is -2.15. The third-order valence-electron chi connectivity index (χ3n) is 5.98. The highest BCUT2D eigenvalue weighted by Gasteiger charge is 2.24. The average molecular weight is 419 g/mol. The van der Waals surface area contributed by atoms with Crippen molar-refractivity contribution in [3.8, 4) is 22.5 Å². The Hall–Kier alpha value is -3.75. The van der Waals surface area contributed by atoms with Crippen LogP contribution in [0.25, 0.3) is 28.0 Å². The molecule has 1 amide bonds. The van der Waals surface area contributed by atoms with Gasteiger partial charge in [-0.2, -0.15) is 10.2 Å². The number of carbonyl (C=O) groups is 1. The van der Waals surface area contributed by atoms with Crippen LogP contribution in [0.1, 0.15) is 48.5 Å². The largest absolute Gasteiger partial charge is 0.382 e. The van der Waals surface area contributed by atoms with Gasteiger partial charge in [0.25, 0.3) is 5.91 Å². The number of nitrogens with zero attached hydrogens (tertiary/aromatic N) is 5. The summed E-state index contributed by atoms with van der Waals surface area (Å²) in [5, 5.41) is 8.97. The summed E-state index contributed by atoms with van der Waals surface area (Å²) in [4.78, 5) is 15.8. The lowest BCUT2D eigenvalue weighted by molar-refractivity contribution is 0.0996. The first-order valence-corrected chi connectivity index (χ1v) is 10.3. The van der Waals surface area contributed by atoms with E-state index in [2.05, 4.69) is 19.9 Å². The second-order valence-corrected chi connectivity index (χ2v) is 7.86. The molecule has 1 fully saturated rings. The number of primary amides is 1. The molecule has 31 heavy (non-hydrogen) atoms. The van der Waals surface area contributed by atoms with Gasteiger partial charge in [0.2, 0.25) is 0 Å². The molecule has 1 aromatic carbocycles. The molecule has 0 radical (unpaired) electrons. The fraction of sp³-hybridized carbons (Fsp3) is 0.273. The van der Waals surface area contributed by atoms with Gasteiger partial charge in [0.15, 0.2) is 5.82 Å². The zero-order valence-electron chi connectivity index (χ0n) is 16.8. The van der Waals surface area contributed by atoms with Crippen LogP contribution in [0.4, 0.5) is 10.2 Å². The van der Waals surface area contributed by atoms with Gasteiger partial charge in [-0.3, -0.25) is 9.48 Å². The highest BCUT2D eigenvalue weighted by Crippen LogP contribution is 2.38. The number of nitrogens with two attached hydrogens (primary N) is 2. The molecule has 9 heteroatoms. The highest BCUT2D eigenvalue weighted by molar-refractivity contribution is 5.95. The Bertz CT molecular complexity index is 1290. The molecule has 0 saturated heterocycles. The molecule has 3 aromatic heterocycles. The van der Waals surface area contributed by atoms with Crippen molar-refractivity contribution >= 4 is 17.2 Å². The fourth-order valence-electron chi connectivity index (χ4n) is 4.49. The Morgan fingerprint density at radius 3 is 2.65 bits per heavy atom. The van der Waals surface area contributed by atoms with Crippen LogP contribution >= 0.6 is 0 Å². The van der Waals surface area contributed by atoms with Gasteiger partial charge in [0.1, 0.15) is 17.7 Å². The Kier molecular flexibility index (Phi) is 4.65. The molecule has 1 saturated carbocycles. The van der Waals surface area contributed by atoms with Gasteiger partial charge in [0, 0.05) is 17.3 Å². The molecular formula is C22H22FN7O. The SMILES string of the molecule is NC(=O)c1cc(-c2cc(-c3ccnn3C3CCCCC3)c3c(N)ncnn23)ccc1F. The van der Waals surface area contributed by atoms with Crippen LogP contribution in [0, 0.1) is 5.82 Å². The number of hydrogen-bond acceptors (Lipinski definition) is 5. The van der Waals surface area contributed by atoms with Crippen molar-refractivity contribution in [2.45, 2.75) is 38.1 Å². The second-order valence-electron chi connectivity index (χ2n) is 7.86. The normalized spacial score (nSPS) is 14.9. The zero-order valence-corrected chi connectivity index (χ0v) is 16.8. The first kappa shape index (κ1) is 19.2. The van der Waals surface area contributed by atoms with E-state index < -0.39 is 11.7 Å². The maximum atomic E-state index is 14.0. The summed E-state index contributed by atoms with van der Waals surface area (Å²) in [5.41, 5.74) is 15.1. The molecule has 0 aliphatic heterocycles. The van der Waals surface area contributed by atoms with Crippen molar-refractivity contribution < 1.29 is 9.18 Å². The highest BCUT2D eigenvalue weighted by atomic mass is 19.1. The second kappa shape index (κ2) is 7.50. The van der Waals surface area contributed by atoms with Gasteiger partial charge in [-0.25, -0.2) is 13.9 Å². The molecule has 0 bridgehead atoms. The summed E-state index contributed by atoms with van der Waals surface area (Å²) >= 11 is 0. The molecule has 158 valence electrons. The maximum absolute atomic E-state index is 14.0. The van der Waals surface area contributed by atoms with E-state index in [1.165, 1.54) is 37.7 Å². The predicted molar refractivity (Wildman–Crippen MR) is 115 cm³/mol. The average Bonchev–Trinajstić information content (AvgIpc) is 3.40. The molecule has 4 aromatic rings. The van der Waals surface area contributed by atoms with Crippen LogP contribution in [-0.4, -0.2) is 30.3 Å². The molecule has 0 unspecified atom stereocenters. The number of carbonyl (C=O) groups excluding carboxylic acids is 1. The van der Waals surface area contributed by atoms with Crippen LogP contribution in [0.15, 0.2) is 42.9 Å². The molecule has 1 aliphatic rings. The molecule has 8 nitrogen and oxygen atoms in total. The van der Waals surface area contributed by atoms with E-state index in [-0.39, 0.29) is 5.56 Å². The lowest BCUT2D eigenvalue weighted by Gasteiger charge is -2.23. The summed E-state index contributed by atoms with van der Waals surface area (Å²) < 4.78 is 17.8. The van der Waals surface area contributed by atoms with Crippen molar-refractivity contribution in [2.75, 3.05) is 5.73 Å². The molecule has 1 aliphatic carbocycles. The van der Waals surface area contributed by atoms with Crippen LogP contribution < -0.4 is 11.5 Å². The van der Waals surface area contributed by atoms with Crippen molar-refractivity contribution in [3.05, 3.63) is 54.2 Å². The fourth-order valence-corrected chi connectivity index (χ4v) is 4.49. The van der Waals surface area contributed by atoms with Gasteiger partial charge < -0.3 is 11.5 Å². The van der Waals surface area contributed by atoms with Crippen molar-refractivity contribution in [1.29, 1.82) is 0 Å². The minimum absolute atomic E-state index is 0.178. The van der Waals surface area contributed by atoms with Crippen LogP contribution in [0.5, 0.6) is 0 Å². The van der Waals surface area contributed by atoms with Crippen molar-refractivity contribution in [1.82, 2.24) is 24.4 Å². The number of benzene rings is 1. The van der Waals surface area contributed by atoms with Gasteiger partial charge in [-0.1, -0.05) is 19.3 Å². The molecule has 0 spiro atoms. The number of halogens is 1. The Morgan fingerprint density at radius 1 is 1.06 bits per heavy atom. The summed E-state index contributed by atoms with van der Waals surface area (Å²) in [6.45, 7) is 0. The third kappa shape index (κ3) is 3.22. The summed E-state index contributed by atoms with van der Waals surface area (Å²) in [5.74, 6) is -1.17. The number of rotatable bonds is 4.